The topological polar surface area (TPSA) is 24.9 Å². The molecular formula is C7H14N2S. The molecule has 1 heterocycles. The van der Waals surface area contributed by atoms with Gasteiger partial charge in [0.1, 0.15) is 5.01 Å². The zero-order chi connectivity index (χ0) is 7.82. The van der Waals surface area contributed by atoms with Gasteiger partial charge in [0.2, 0.25) is 0 Å². The Balaban J connectivity index is 0.000000371. The highest BCUT2D eigenvalue weighted by Crippen LogP contribution is 2.01. The summed E-state index contributed by atoms with van der Waals surface area (Å²) >= 11 is 1.67. The van der Waals surface area contributed by atoms with Gasteiger partial charge in [0.05, 0.1) is 0 Å². The first-order valence-corrected chi connectivity index (χ1v) is 4.34. The van der Waals surface area contributed by atoms with Crippen LogP contribution in [0.4, 0.5) is 0 Å². The summed E-state index contributed by atoms with van der Waals surface area (Å²) in [5.74, 6) is 0. The van der Waals surface area contributed by atoms with E-state index in [4.69, 9.17) is 0 Å². The zero-order valence-corrected chi connectivity index (χ0v) is 7.53. The molecule has 0 fully saturated rings. The molecule has 0 radical (unpaired) electrons. The van der Waals surface area contributed by atoms with Crippen molar-refractivity contribution in [2.75, 3.05) is 7.05 Å². The molecule has 0 saturated heterocycles. The fraction of sp³-hybridized carbons (Fsp3) is 0.571. The number of rotatable bonds is 2. The van der Waals surface area contributed by atoms with Crippen molar-refractivity contribution in [3.63, 3.8) is 0 Å². The Hall–Kier alpha value is -0.410. The van der Waals surface area contributed by atoms with E-state index in [0.717, 1.165) is 11.6 Å². The van der Waals surface area contributed by atoms with Crippen LogP contribution in [0.1, 0.15) is 18.9 Å². The van der Waals surface area contributed by atoms with Crippen molar-refractivity contribution in [3.8, 4) is 0 Å². The van der Waals surface area contributed by atoms with Gasteiger partial charge in [-0.15, -0.1) is 11.3 Å². The van der Waals surface area contributed by atoms with Crippen molar-refractivity contribution in [1.82, 2.24) is 10.3 Å². The number of hydrogen-bond acceptors (Lipinski definition) is 3. The van der Waals surface area contributed by atoms with Crippen LogP contribution in [0.25, 0.3) is 0 Å². The molecule has 0 atom stereocenters. The number of aromatic nitrogens is 1. The molecule has 1 aromatic heterocycles. The summed E-state index contributed by atoms with van der Waals surface area (Å²) in [6.45, 7) is 4.89. The van der Waals surface area contributed by atoms with Crippen LogP contribution in [0, 0.1) is 0 Å². The number of nitrogens with zero attached hydrogens (tertiary/aromatic N) is 1. The Morgan fingerprint density at radius 2 is 2.30 bits per heavy atom. The van der Waals surface area contributed by atoms with Crippen molar-refractivity contribution in [2.24, 2.45) is 0 Å². The van der Waals surface area contributed by atoms with Gasteiger partial charge in [0.15, 0.2) is 0 Å². The van der Waals surface area contributed by atoms with Crippen LogP contribution < -0.4 is 5.32 Å². The van der Waals surface area contributed by atoms with E-state index < -0.39 is 0 Å². The first-order chi connectivity index (χ1) is 4.93. The van der Waals surface area contributed by atoms with Crippen molar-refractivity contribution in [3.05, 3.63) is 16.6 Å². The Morgan fingerprint density at radius 1 is 1.60 bits per heavy atom. The smallest absolute Gasteiger partial charge is 0.106 e. The van der Waals surface area contributed by atoms with Gasteiger partial charge >= 0.3 is 0 Å². The normalized spacial score (nSPS) is 8.30. The second-order valence-electron chi connectivity index (χ2n) is 1.46. The maximum atomic E-state index is 4.06. The van der Waals surface area contributed by atoms with E-state index >= 15 is 0 Å². The molecule has 58 valence electrons. The Kier molecular flexibility index (Phi) is 6.43. The van der Waals surface area contributed by atoms with Crippen LogP contribution in [0.2, 0.25) is 0 Å². The summed E-state index contributed by atoms with van der Waals surface area (Å²) in [6.07, 6.45) is 1.82. The Morgan fingerprint density at radius 3 is 2.70 bits per heavy atom. The molecule has 1 aromatic rings. The highest BCUT2D eigenvalue weighted by Gasteiger charge is 1.88. The summed E-state index contributed by atoms with van der Waals surface area (Å²) in [5.41, 5.74) is 0. The van der Waals surface area contributed by atoms with Gasteiger partial charge in [-0.2, -0.15) is 0 Å². The van der Waals surface area contributed by atoms with Crippen molar-refractivity contribution in [1.29, 1.82) is 0 Å². The van der Waals surface area contributed by atoms with Gasteiger partial charge < -0.3 is 5.32 Å². The molecule has 0 amide bonds. The van der Waals surface area contributed by atoms with Gasteiger partial charge in [-0.1, -0.05) is 13.8 Å². The predicted molar refractivity (Wildman–Crippen MR) is 46.2 cm³/mol. The molecule has 0 bridgehead atoms. The first kappa shape index (κ1) is 9.59. The van der Waals surface area contributed by atoms with Gasteiger partial charge in [-0.05, 0) is 7.05 Å². The van der Waals surface area contributed by atoms with Crippen LogP contribution in [-0.4, -0.2) is 12.0 Å². The maximum absolute atomic E-state index is 4.06. The molecule has 10 heavy (non-hydrogen) atoms. The van der Waals surface area contributed by atoms with Gasteiger partial charge in [0, 0.05) is 18.1 Å². The second kappa shape index (κ2) is 6.71. The minimum atomic E-state index is 0.887. The van der Waals surface area contributed by atoms with Crippen LogP contribution in [0.3, 0.4) is 0 Å². The number of nitrogens with one attached hydrogen (secondary N) is 1. The molecule has 0 unspecified atom stereocenters. The van der Waals surface area contributed by atoms with Gasteiger partial charge in [0.25, 0.3) is 0 Å². The maximum Gasteiger partial charge on any atom is 0.106 e. The first-order valence-electron chi connectivity index (χ1n) is 3.46. The standard InChI is InChI=1S/C5H8N2S.C2H6/c1-6-4-5-7-2-3-8-5;1-2/h2-3,6H,4H2,1H3;1-2H3. The Bertz CT molecular complexity index is 137. The molecule has 3 heteroatoms. The Labute approximate surface area is 66.3 Å². The average molecular weight is 158 g/mol. The van der Waals surface area contributed by atoms with E-state index in [1.807, 2.05) is 32.5 Å². The van der Waals surface area contributed by atoms with E-state index in [9.17, 15) is 0 Å². The SMILES string of the molecule is CC.CNCc1nccs1. The van der Waals surface area contributed by atoms with E-state index in [1.54, 1.807) is 11.3 Å². The molecule has 0 saturated carbocycles. The summed E-state index contributed by atoms with van der Waals surface area (Å²) in [7, 11) is 1.92. The molecular weight excluding hydrogens is 144 g/mol. The highest BCUT2D eigenvalue weighted by molar-refractivity contribution is 7.09. The molecule has 0 aliphatic carbocycles. The van der Waals surface area contributed by atoms with Crippen molar-refractivity contribution < 1.29 is 0 Å². The largest absolute Gasteiger partial charge is 0.314 e. The van der Waals surface area contributed by atoms with E-state index in [-0.39, 0.29) is 0 Å². The van der Waals surface area contributed by atoms with Crippen molar-refractivity contribution >= 4 is 11.3 Å². The van der Waals surface area contributed by atoms with E-state index in [0.29, 0.717) is 0 Å². The van der Waals surface area contributed by atoms with Crippen LogP contribution in [0.5, 0.6) is 0 Å². The quantitative estimate of drug-likeness (QED) is 0.711. The number of hydrogen-bond donors (Lipinski definition) is 1. The number of thiazole rings is 1. The van der Waals surface area contributed by atoms with Crippen LogP contribution in [-0.2, 0) is 6.54 Å². The fourth-order valence-corrected chi connectivity index (χ4v) is 1.12. The second-order valence-corrected chi connectivity index (χ2v) is 2.44. The molecule has 0 spiro atoms. The predicted octanol–water partition coefficient (Wildman–Crippen LogP) is 1.89. The molecule has 0 aliphatic rings. The molecule has 1 N–H and O–H groups in total. The minimum absolute atomic E-state index is 0.887. The summed E-state index contributed by atoms with van der Waals surface area (Å²) in [6, 6.07) is 0. The minimum Gasteiger partial charge on any atom is -0.314 e. The lowest BCUT2D eigenvalue weighted by Crippen LogP contribution is -2.03. The fourth-order valence-electron chi connectivity index (χ4n) is 0.491. The third kappa shape index (κ3) is 3.58. The lowest BCUT2D eigenvalue weighted by atomic mass is 10.7. The monoisotopic (exact) mass is 158 g/mol. The van der Waals surface area contributed by atoms with Crippen LogP contribution >= 0.6 is 11.3 Å². The van der Waals surface area contributed by atoms with Crippen molar-refractivity contribution in [2.45, 2.75) is 20.4 Å². The van der Waals surface area contributed by atoms with E-state index in [2.05, 4.69) is 10.3 Å². The molecule has 1 rings (SSSR count). The van der Waals surface area contributed by atoms with Gasteiger partial charge in [-0.25, -0.2) is 4.98 Å². The summed E-state index contributed by atoms with van der Waals surface area (Å²) < 4.78 is 0. The zero-order valence-electron chi connectivity index (χ0n) is 6.72. The molecule has 0 aromatic carbocycles. The average Bonchev–Trinajstić information content (AvgIpc) is 2.46. The third-order valence-electron chi connectivity index (χ3n) is 0.811. The summed E-state index contributed by atoms with van der Waals surface area (Å²) in [4.78, 5) is 4.06. The molecule has 2 nitrogen and oxygen atoms in total. The lowest BCUT2D eigenvalue weighted by molar-refractivity contribution is 0.810. The van der Waals surface area contributed by atoms with E-state index in [1.165, 1.54) is 0 Å². The third-order valence-corrected chi connectivity index (χ3v) is 1.59. The summed E-state index contributed by atoms with van der Waals surface area (Å²) in [5, 5.41) is 6.14. The lowest BCUT2D eigenvalue weighted by Gasteiger charge is -1.87. The van der Waals surface area contributed by atoms with Gasteiger partial charge in [-0.3, -0.25) is 0 Å². The van der Waals surface area contributed by atoms with Crippen LogP contribution in [0.15, 0.2) is 11.6 Å². The highest BCUT2D eigenvalue weighted by atomic mass is 32.1. The molecule has 0 aliphatic heterocycles.